The normalized spacial score (nSPS) is 11.2. The smallest absolute Gasteiger partial charge is 0.177 e. The minimum atomic E-state index is 0.358. The van der Waals surface area contributed by atoms with Crippen LogP contribution in [0.25, 0.3) is 11.3 Å². The van der Waals surface area contributed by atoms with Crippen molar-refractivity contribution in [2.45, 2.75) is 29.3 Å². The summed E-state index contributed by atoms with van der Waals surface area (Å²) in [5, 5.41) is 0.931. The lowest BCUT2D eigenvalue weighted by Crippen LogP contribution is -1.94. The molecule has 0 aliphatic rings. The van der Waals surface area contributed by atoms with Crippen LogP contribution in [0.5, 0.6) is 0 Å². The highest BCUT2D eigenvalue weighted by Crippen LogP contribution is 2.31. The first kappa shape index (κ1) is 14.3. The van der Waals surface area contributed by atoms with Crippen molar-refractivity contribution in [1.82, 2.24) is 18.9 Å². The molecule has 4 nitrogen and oxygen atoms in total. The van der Waals surface area contributed by atoms with Crippen molar-refractivity contribution in [3.63, 3.8) is 0 Å². The first-order chi connectivity index (χ1) is 10.1. The molecule has 0 unspecified atom stereocenters. The van der Waals surface area contributed by atoms with Gasteiger partial charge in [0, 0.05) is 13.0 Å². The van der Waals surface area contributed by atoms with Crippen LogP contribution in [0, 0.1) is 0 Å². The van der Waals surface area contributed by atoms with E-state index in [4.69, 9.17) is 0 Å². The van der Waals surface area contributed by atoms with Crippen molar-refractivity contribution in [3.8, 4) is 11.3 Å². The van der Waals surface area contributed by atoms with Crippen LogP contribution >= 0.6 is 23.3 Å². The third-order valence-corrected chi connectivity index (χ3v) is 4.96. The number of hydrogen-bond donors (Lipinski definition) is 0. The summed E-state index contributed by atoms with van der Waals surface area (Å²) in [4.78, 5) is 9.05. The Morgan fingerprint density at radius 2 is 1.95 bits per heavy atom. The van der Waals surface area contributed by atoms with Crippen LogP contribution < -0.4 is 0 Å². The zero-order chi connectivity index (χ0) is 14.8. The highest BCUT2D eigenvalue weighted by Gasteiger charge is 2.13. The molecule has 0 aliphatic carbocycles. The molecule has 0 N–H and O–H groups in total. The van der Waals surface area contributed by atoms with E-state index in [1.807, 2.05) is 31.4 Å². The average molecular weight is 316 g/mol. The third kappa shape index (κ3) is 3.01. The molecule has 0 radical (unpaired) electrons. The zero-order valence-electron chi connectivity index (χ0n) is 12.1. The van der Waals surface area contributed by atoms with E-state index in [0.29, 0.717) is 5.92 Å². The lowest BCUT2D eigenvalue weighted by molar-refractivity contribution is 0.783. The van der Waals surface area contributed by atoms with Crippen molar-refractivity contribution >= 4 is 23.3 Å². The summed E-state index contributed by atoms with van der Waals surface area (Å²) in [6.45, 7) is 4.20. The second-order valence-corrected chi connectivity index (χ2v) is 6.99. The molecule has 21 heavy (non-hydrogen) atoms. The Balaban J connectivity index is 1.85. The minimum Gasteiger partial charge on any atom is -0.322 e. The van der Waals surface area contributed by atoms with Crippen LogP contribution in [0.1, 0.15) is 25.6 Å². The topological polar surface area (TPSA) is 43.6 Å². The van der Waals surface area contributed by atoms with Gasteiger partial charge in [0.25, 0.3) is 0 Å². The molecule has 0 spiro atoms. The summed E-state index contributed by atoms with van der Waals surface area (Å²) in [7, 11) is 2.03. The number of rotatable bonds is 4. The lowest BCUT2D eigenvalue weighted by Gasteiger charge is -2.04. The van der Waals surface area contributed by atoms with Gasteiger partial charge in [0.05, 0.1) is 11.9 Å². The summed E-state index contributed by atoms with van der Waals surface area (Å²) < 4.78 is 7.41. The summed E-state index contributed by atoms with van der Waals surface area (Å²) in [6, 6.07) is 10.3. The predicted molar refractivity (Wildman–Crippen MR) is 86.8 cm³/mol. The van der Waals surface area contributed by atoms with Gasteiger partial charge >= 0.3 is 0 Å². The molecule has 1 aromatic carbocycles. The maximum absolute atomic E-state index is 4.55. The molecular formula is C15H16N4S2. The van der Waals surface area contributed by atoms with Crippen LogP contribution in [0.15, 0.2) is 46.0 Å². The fraction of sp³-hybridized carbons (Fsp3) is 0.267. The Kier molecular flexibility index (Phi) is 4.07. The first-order valence-electron chi connectivity index (χ1n) is 6.73. The molecule has 108 valence electrons. The van der Waals surface area contributed by atoms with Gasteiger partial charge in [-0.1, -0.05) is 44.2 Å². The Morgan fingerprint density at radius 3 is 2.62 bits per heavy atom. The molecule has 2 aromatic heterocycles. The van der Waals surface area contributed by atoms with Gasteiger partial charge in [-0.3, -0.25) is 0 Å². The maximum atomic E-state index is 4.55. The number of imidazole rings is 1. The second kappa shape index (κ2) is 5.99. The molecule has 0 atom stereocenters. The molecule has 3 aromatic rings. The number of aromatic nitrogens is 4. The van der Waals surface area contributed by atoms with E-state index in [0.717, 1.165) is 21.0 Å². The van der Waals surface area contributed by atoms with E-state index in [-0.39, 0.29) is 0 Å². The molecule has 0 amide bonds. The van der Waals surface area contributed by atoms with Crippen LogP contribution in [-0.2, 0) is 7.05 Å². The highest BCUT2D eigenvalue weighted by atomic mass is 32.2. The van der Waals surface area contributed by atoms with E-state index >= 15 is 0 Å². The number of nitrogens with zero attached hydrogens (tertiary/aromatic N) is 4. The largest absolute Gasteiger partial charge is 0.322 e. The lowest BCUT2D eigenvalue weighted by atomic mass is 10.2. The fourth-order valence-corrected chi connectivity index (χ4v) is 3.62. The Morgan fingerprint density at radius 1 is 1.19 bits per heavy atom. The van der Waals surface area contributed by atoms with Crippen LogP contribution in [-0.4, -0.2) is 18.9 Å². The first-order valence-corrected chi connectivity index (χ1v) is 8.32. The quantitative estimate of drug-likeness (QED) is 0.723. The summed E-state index contributed by atoms with van der Waals surface area (Å²) >= 11 is 3.00. The monoisotopic (exact) mass is 316 g/mol. The minimum absolute atomic E-state index is 0.358. The maximum Gasteiger partial charge on any atom is 0.177 e. The van der Waals surface area contributed by atoms with Gasteiger partial charge < -0.3 is 4.57 Å². The standard InChI is InChI=1S/C15H16N4S2/c1-10(2)13-17-15(21-18-13)20-14-16-9-12(19(14)3)11-7-5-4-6-8-11/h4-10H,1-3H3. The molecule has 3 rings (SSSR count). The molecule has 6 heteroatoms. The molecule has 0 bridgehead atoms. The van der Waals surface area contributed by atoms with Gasteiger partial charge in [0.1, 0.15) is 5.82 Å². The third-order valence-electron chi connectivity index (χ3n) is 3.13. The molecule has 0 aliphatic heterocycles. The summed E-state index contributed by atoms with van der Waals surface area (Å²) in [6.07, 6.45) is 1.90. The van der Waals surface area contributed by atoms with Gasteiger partial charge in [-0.2, -0.15) is 4.37 Å². The van der Waals surface area contributed by atoms with E-state index < -0.39 is 0 Å². The number of hydrogen-bond acceptors (Lipinski definition) is 5. The van der Waals surface area contributed by atoms with Gasteiger partial charge in [0.2, 0.25) is 0 Å². The van der Waals surface area contributed by atoms with Crippen molar-refractivity contribution in [2.24, 2.45) is 7.05 Å². The summed E-state index contributed by atoms with van der Waals surface area (Å²) in [5.41, 5.74) is 2.27. The number of benzene rings is 1. The van der Waals surface area contributed by atoms with E-state index in [2.05, 4.69) is 44.9 Å². The van der Waals surface area contributed by atoms with Crippen molar-refractivity contribution in [2.75, 3.05) is 0 Å². The zero-order valence-corrected chi connectivity index (χ0v) is 13.8. The van der Waals surface area contributed by atoms with E-state index in [1.165, 1.54) is 17.1 Å². The average Bonchev–Trinajstić information content (AvgIpc) is 3.09. The van der Waals surface area contributed by atoms with Crippen molar-refractivity contribution in [3.05, 3.63) is 42.4 Å². The van der Waals surface area contributed by atoms with Gasteiger partial charge in [-0.25, -0.2) is 9.97 Å². The van der Waals surface area contributed by atoms with Gasteiger partial charge in [-0.05, 0) is 28.9 Å². The predicted octanol–water partition coefficient (Wildman–Crippen LogP) is 4.21. The fourth-order valence-electron chi connectivity index (χ4n) is 1.94. The molecule has 0 fully saturated rings. The van der Waals surface area contributed by atoms with Crippen LogP contribution in [0.2, 0.25) is 0 Å². The molecular weight excluding hydrogens is 300 g/mol. The summed E-state index contributed by atoms with van der Waals surface area (Å²) in [5.74, 6) is 1.26. The van der Waals surface area contributed by atoms with Crippen LogP contribution in [0.4, 0.5) is 0 Å². The van der Waals surface area contributed by atoms with E-state index in [1.54, 1.807) is 11.8 Å². The molecule has 0 saturated heterocycles. The Bertz CT molecular complexity index is 731. The van der Waals surface area contributed by atoms with E-state index in [9.17, 15) is 0 Å². The molecule has 0 saturated carbocycles. The molecule has 2 heterocycles. The highest BCUT2D eigenvalue weighted by molar-refractivity contribution is 8.00. The van der Waals surface area contributed by atoms with Crippen LogP contribution in [0.3, 0.4) is 0 Å². The Hall–Kier alpha value is -1.66. The SMILES string of the molecule is CC(C)c1nsc(Sc2ncc(-c3ccccc3)n2C)n1. The van der Waals surface area contributed by atoms with Gasteiger partial charge in [0.15, 0.2) is 9.50 Å². The van der Waals surface area contributed by atoms with Gasteiger partial charge in [-0.15, -0.1) is 0 Å². The van der Waals surface area contributed by atoms with Crippen molar-refractivity contribution in [1.29, 1.82) is 0 Å². The van der Waals surface area contributed by atoms with Crippen molar-refractivity contribution < 1.29 is 0 Å². The second-order valence-electron chi connectivity index (χ2n) is 5.03. The Labute approximate surface area is 132 Å².